The van der Waals surface area contributed by atoms with Crippen LogP contribution in [0.1, 0.15) is 18.7 Å². The van der Waals surface area contributed by atoms with Gasteiger partial charge in [-0.05, 0) is 31.2 Å². The van der Waals surface area contributed by atoms with Gasteiger partial charge in [0.05, 0.1) is 47.8 Å². The molecule has 29 heavy (non-hydrogen) atoms. The number of aromatic nitrogens is 5. The molecule has 0 spiro atoms. The number of hydrogen-bond donors (Lipinski definition) is 1. The molecule has 0 aliphatic carbocycles. The lowest BCUT2D eigenvalue weighted by molar-refractivity contribution is 0.415. The van der Waals surface area contributed by atoms with Crippen LogP contribution < -0.4 is 10.4 Å². The summed E-state index contributed by atoms with van der Waals surface area (Å²) in [6.07, 6.45) is 6.57. The first-order valence-corrected chi connectivity index (χ1v) is 9.09. The van der Waals surface area contributed by atoms with Gasteiger partial charge in [0, 0.05) is 22.7 Å². The second-order valence-electron chi connectivity index (χ2n) is 6.73. The van der Waals surface area contributed by atoms with Crippen molar-refractivity contribution in [3.05, 3.63) is 71.4 Å². The maximum atomic E-state index is 12.8. The summed E-state index contributed by atoms with van der Waals surface area (Å²) in [5, 5.41) is 4.58. The number of fused-ring (bicyclic) bond motifs is 3. The van der Waals surface area contributed by atoms with Crippen LogP contribution in [0.4, 0.5) is 0 Å². The van der Waals surface area contributed by atoms with Crippen LogP contribution in [0.2, 0.25) is 0 Å². The van der Waals surface area contributed by atoms with Crippen LogP contribution >= 0.6 is 0 Å². The minimum absolute atomic E-state index is 0.213. The Bertz CT molecular complexity index is 1370. The number of H-pyrrole nitrogens is 1. The minimum atomic E-state index is -0.258. The van der Waals surface area contributed by atoms with Crippen molar-refractivity contribution in [3.8, 4) is 16.9 Å². The van der Waals surface area contributed by atoms with Crippen molar-refractivity contribution in [1.29, 1.82) is 0 Å². The summed E-state index contributed by atoms with van der Waals surface area (Å²) < 4.78 is 12.3. The topological polar surface area (TPSA) is 98.8 Å². The van der Waals surface area contributed by atoms with E-state index in [4.69, 9.17) is 9.26 Å². The maximum absolute atomic E-state index is 12.8. The van der Waals surface area contributed by atoms with Crippen LogP contribution in [0.15, 0.2) is 64.5 Å². The predicted octanol–water partition coefficient (Wildman–Crippen LogP) is 3.55. The van der Waals surface area contributed by atoms with Gasteiger partial charge < -0.3 is 14.2 Å². The molecule has 4 heterocycles. The number of ether oxygens (including phenoxy) is 1. The lowest BCUT2D eigenvalue weighted by Crippen LogP contribution is -2.21. The fraction of sp³-hybridized carbons (Fsp3) is 0.143. The van der Waals surface area contributed by atoms with E-state index >= 15 is 0 Å². The van der Waals surface area contributed by atoms with Crippen LogP contribution in [0.3, 0.4) is 0 Å². The standard InChI is InChI=1S/C21H17N5O3/c1-12(16-5-3-4-6-22-16)26-20-15-8-19(28-2)14(13-9-24-29-11-13)7-17(15)23-10-18(20)25-21(26)27/h3-12H,1-2H3,(H,25,27)/t12-/m1/s1. The Morgan fingerprint density at radius 1 is 1.21 bits per heavy atom. The Kier molecular flexibility index (Phi) is 3.90. The summed E-state index contributed by atoms with van der Waals surface area (Å²) in [4.78, 5) is 24.7. The second kappa shape index (κ2) is 6.59. The zero-order valence-electron chi connectivity index (χ0n) is 15.8. The molecule has 0 aliphatic rings. The summed E-state index contributed by atoms with van der Waals surface area (Å²) in [6, 6.07) is 9.21. The van der Waals surface area contributed by atoms with Crippen molar-refractivity contribution in [2.24, 2.45) is 0 Å². The Balaban J connectivity index is 1.81. The Morgan fingerprint density at radius 2 is 2.10 bits per heavy atom. The molecule has 144 valence electrons. The van der Waals surface area contributed by atoms with Crippen LogP contribution in [0.5, 0.6) is 5.75 Å². The normalized spacial score (nSPS) is 12.5. The molecule has 1 aromatic carbocycles. The molecule has 4 aromatic heterocycles. The first-order chi connectivity index (χ1) is 14.2. The highest BCUT2D eigenvalue weighted by molar-refractivity contribution is 6.04. The van der Waals surface area contributed by atoms with Crippen molar-refractivity contribution >= 4 is 21.9 Å². The Hall–Kier alpha value is -3.94. The number of pyridine rings is 2. The Labute approximate surface area is 164 Å². The highest BCUT2D eigenvalue weighted by Crippen LogP contribution is 2.36. The molecule has 1 N–H and O–H groups in total. The summed E-state index contributed by atoms with van der Waals surface area (Å²) in [7, 11) is 1.60. The third kappa shape index (κ3) is 2.68. The van der Waals surface area contributed by atoms with Crippen LogP contribution in [-0.4, -0.2) is 31.8 Å². The van der Waals surface area contributed by atoms with Gasteiger partial charge in [-0.15, -0.1) is 0 Å². The summed E-state index contributed by atoms with van der Waals surface area (Å²) in [5.74, 6) is 0.640. The van der Waals surface area contributed by atoms with Gasteiger partial charge >= 0.3 is 5.69 Å². The third-order valence-electron chi connectivity index (χ3n) is 5.11. The quantitative estimate of drug-likeness (QED) is 0.506. The molecule has 8 heteroatoms. The van der Waals surface area contributed by atoms with Crippen molar-refractivity contribution in [3.63, 3.8) is 0 Å². The van der Waals surface area contributed by atoms with Gasteiger partial charge in [-0.3, -0.25) is 14.5 Å². The summed E-state index contributed by atoms with van der Waals surface area (Å²) >= 11 is 0. The average Bonchev–Trinajstić information content (AvgIpc) is 3.40. The van der Waals surface area contributed by atoms with E-state index in [0.29, 0.717) is 11.3 Å². The first kappa shape index (κ1) is 17.2. The van der Waals surface area contributed by atoms with Crippen molar-refractivity contribution in [2.75, 3.05) is 7.11 Å². The van der Waals surface area contributed by atoms with Crippen molar-refractivity contribution in [2.45, 2.75) is 13.0 Å². The maximum Gasteiger partial charge on any atom is 0.327 e. The molecule has 0 saturated heterocycles. The number of methoxy groups -OCH3 is 1. The number of nitrogens with one attached hydrogen (secondary N) is 1. The lowest BCUT2D eigenvalue weighted by Gasteiger charge is -2.15. The molecular formula is C21H17N5O3. The van der Waals surface area contributed by atoms with Gasteiger partial charge in [0.2, 0.25) is 0 Å². The molecule has 0 saturated carbocycles. The SMILES string of the molecule is COc1cc2c(cc1-c1cnoc1)ncc1[nH]c(=O)n([C@H](C)c3ccccn3)c12. The summed E-state index contributed by atoms with van der Waals surface area (Å²) in [6.45, 7) is 1.95. The van der Waals surface area contributed by atoms with E-state index in [0.717, 1.165) is 33.2 Å². The van der Waals surface area contributed by atoms with Gasteiger partial charge in [-0.1, -0.05) is 11.2 Å². The zero-order chi connectivity index (χ0) is 20.0. The number of hydrogen-bond acceptors (Lipinski definition) is 6. The van der Waals surface area contributed by atoms with E-state index in [-0.39, 0.29) is 11.7 Å². The number of imidazole rings is 1. The molecule has 5 rings (SSSR count). The molecule has 0 radical (unpaired) electrons. The Morgan fingerprint density at radius 3 is 2.83 bits per heavy atom. The molecule has 1 atom stereocenters. The number of benzene rings is 1. The van der Waals surface area contributed by atoms with Crippen LogP contribution in [0.25, 0.3) is 33.1 Å². The molecule has 0 fully saturated rings. The molecule has 0 amide bonds. The van der Waals surface area contributed by atoms with E-state index < -0.39 is 0 Å². The van der Waals surface area contributed by atoms with Gasteiger partial charge in [0.25, 0.3) is 0 Å². The highest BCUT2D eigenvalue weighted by atomic mass is 16.5. The van der Waals surface area contributed by atoms with Crippen molar-refractivity contribution < 1.29 is 9.26 Å². The van der Waals surface area contributed by atoms with Crippen LogP contribution in [-0.2, 0) is 0 Å². The zero-order valence-corrected chi connectivity index (χ0v) is 15.8. The van der Waals surface area contributed by atoms with E-state index in [2.05, 4.69) is 20.1 Å². The van der Waals surface area contributed by atoms with Gasteiger partial charge in [-0.25, -0.2) is 4.79 Å². The monoisotopic (exact) mass is 387 g/mol. The second-order valence-corrected chi connectivity index (χ2v) is 6.73. The fourth-order valence-corrected chi connectivity index (χ4v) is 3.69. The molecule has 0 bridgehead atoms. The molecule has 0 aliphatic heterocycles. The van der Waals surface area contributed by atoms with Crippen molar-refractivity contribution in [1.82, 2.24) is 24.7 Å². The third-order valence-corrected chi connectivity index (χ3v) is 5.11. The highest BCUT2D eigenvalue weighted by Gasteiger charge is 2.20. The molecule has 0 unspecified atom stereocenters. The largest absolute Gasteiger partial charge is 0.496 e. The lowest BCUT2D eigenvalue weighted by atomic mass is 10.0. The van der Waals surface area contributed by atoms with Crippen LogP contribution in [0, 0.1) is 0 Å². The van der Waals surface area contributed by atoms with E-state index in [9.17, 15) is 4.79 Å². The fourth-order valence-electron chi connectivity index (χ4n) is 3.69. The number of nitrogens with zero attached hydrogens (tertiary/aromatic N) is 4. The first-order valence-electron chi connectivity index (χ1n) is 9.09. The van der Waals surface area contributed by atoms with Gasteiger partial charge in [0.1, 0.15) is 12.0 Å². The van der Waals surface area contributed by atoms with E-state index in [1.54, 1.807) is 36.5 Å². The molecular weight excluding hydrogens is 370 g/mol. The van der Waals surface area contributed by atoms with Gasteiger partial charge in [0.15, 0.2) is 0 Å². The average molecular weight is 387 g/mol. The van der Waals surface area contributed by atoms with E-state index in [1.807, 2.05) is 37.3 Å². The van der Waals surface area contributed by atoms with Gasteiger partial charge in [-0.2, -0.15) is 0 Å². The smallest absolute Gasteiger partial charge is 0.327 e. The molecule has 8 nitrogen and oxygen atoms in total. The molecule has 5 aromatic rings. The number of rotatable bonds is 4. The summed E-state index contributed by atoms with van der Waals surface area (Å²) in [5.41, 5.74) is 4.34. The minimum Gasteiger partial charge on any atom is -0.496 e. The van der Waals surface area contributed by atoms with E-state index in [1.165, 1.54) is 0 Å². The predicted molar refractivity (Wildman–Crippen MR) is 108 cm³/mol. The number of aromatic amines is 1.